The molecule has 2 heterocycles. The Labute approximate surface area is 160 Å². The number of pyridine rings is 1. The van der Waals surface area contributed by atoms with Crippen molar-refractivity contribution >= 4 is 17.8 Å². The molecular formula is C22H14FNO4. The predicted molar refractivity (Wildman–Crippen MR) is 99.7 cm³/mol. The van der Waals surface area contributed by atoms with Crippen molar-refractivity contribution < 1.29 is 23.5 Å². The topological polar surface area (TPSA) is 65.5 Å². The Morgan fingerprint density at radius 1 is 1.18 bits per heavy atom. The van der Waals surface area contributed by atoms with Gasteiger partial charge < -0.3 is 9.47 Å². The zero-order valence-electron chi connectivity index (χ0n) is 14.8. The number of aryl methyl sites for hydroxylation is 1. The summed E-state index contributed by atoms with van der Waals surface area (Å²) in [6.07, 6.45) is 4.86. The molecule has 3 aromatic rings. The van der Waals surface area contributed by atoms with Crippen LogP contribution < -0.4 is 9.47 Å². The number of carbonyl (C=O) groups is 2. The van der Waals surface area contributed by atoms with Gasteiger partial charge in [0.15, 0.2) is 5.76 Å². The Kier molecular flexibility index (Phi) is 4.45. The molecule has 0 spiro atoms. The van der Waals surface area contributed by atoms with Crippen molar-refractivity contribution in [3.05, 3.63) is 94.8 Å². The van der Waals surface area contributed by atoms with Gasteiger partial charge in [-0.2, -0.15) is 0 Å². The Hall–Kier alpha value is -3.80. The van der Waals surface area contributed by atoms with E-state index >= 15 is 0 Å². The molecule has 0 saturated carbocycles. The molecular weight excluding hydrogens is 361 g/mol. The molecule has 1 aromatic heterocycles. The summed E-state index contributed by atoms with van der Waals surface area (Å²) < 4.78 is 24.3. The van der Waals surface area contributed by atoms with E-state index in [0.717, 1.165) is 11.6 Å². The van der Waals surface area contributed by atoms with E-state index in [1.807, 2.05) is 0 Å². The number of halogens is 1. The SMILES string of the molecule is Cc1cc(OC(=O)c2cccc(F)c2)cc2c1C(=O)/C(=C/c1cccnc1)O2. The Morgan fingerprint density at radius 2 is 2.04 bits per heavy atom. The van der Waals surface area contributed by atoms with Gasteiger partial charge in [-0.25, -0.2) is 9.18 Å². The first-order chi connectivity index (χ1) is 13.5. The molecule has 4 rings (SSSR count). The zero-order chi connectivity index (χ0) is 19.7. The largest absolute Gasteiger partial charge is 0.452 e. The molecule has 5 nitrogen and oxygen atoms in total. The van der Waals surface area contributed by atoms with Crippen LogP contribution in [-0.4, -0.2) is 16.7 Å². The number of nitrogens with zero attached hydrogens (tertiary/aromatic N) is 1. The highest BCUT2D eigenvalue weighted by atomic mass is 19.1. The second-order valence-electron chi connectivity index (χ2n) is 6.24. The van der Waals surface area contributed by atoms with E-state index in [-0.39, 0.29) is 22.9 Å². The van der Waals surface area contributed by atoms with Gasteiger partial charge in [-0.05, 0) is 54.5 Å². The summed E-state index contributed by atoms with van der Waals surface area (Å²) in [4.78, 5) is 28.9. The molecule has 0 amide bonds. The van der Waals surface area contributed by atoms with Crippen LogP contribution in [0.25, 0.3) is 6.08 Å². The monoisotopic (exact) mass is 375 g/mol. The van der Waals surface area contributed by atoms with Gasteiger partial charge in [0.25, 0.3) is 0 Å². The summed E-state index contributed by atoms with van der Waals surface area (Å²) in [6, 6.07) is 11.8. The van der Waals surface area contributed by atoms with E-state index in [1.165, 1.54) is 24.3 Å². The Bertz CT molecular complexity index is 1120. The van der Waals surface area contributed by atoms with E-state index in [0.29, 0.717) is 16.9 Å². The van der Waals surface area contributed by atoms with E-state index in [2.05, 4.69) is 4.98 Å². The number of rotatable bonds is 3. The summed E-state index contributed by atoms with van der Waals surface area (Å²) in [5, 5.41) is 0. The molecule has 0 atom stereocenters. The van der Waals surface area contributed by atoms with Crippen molar-refractivity contribution in [3.63, 3.8) is 0 Å². The number of ether oxygens (including phenoxy) is 2. The van der Waals surface area contributed by atoms with Crippen molar-refractivity contribution in [2.75, 3.05) is 0 Å². The zero-order valence-corrected chi connectivity index (χ0v) is 14.8. The lowest BCUT2D eigenvalue weighted by Gasteiger charge is -2.08. The van der Waals surface area contributed by atoms with Crippen molar-refractivity contribution in [2.45, 2.75) is 6.92 Å². The third kappa shape index (κ3) is 3.40. The van der Waals surface area contributed by atoms with Crippen LogP contribution in [-0.2, 0) is 0 Å². The number of hydrogen-bond acceptors (Lipinski definition) is 5. The van der Waals surface area contributed by atoms with Crippen LogP contribution in [0.4, 0.5) is 4.39 Å². The van der Waals surface area contributed by atoms with Gasteiger partial charge in [-0.15, -0.1) is 0 Å². The van der Waals surface area contributed by atoms with Crippen molar-refractivity contribution in [2.24, 2.45) is 0 Å². The number of esters is 1. The van der Waals surface area contributed by atoms with Gasteiger partial charge in [0.1, 0.15) is 17.3 Å². The summed E-state index contributed by atoms with van der Waals surface area (Å²) in [7, 11) is 0. The molecule has 0 aliphatic carbocycles. The number of Topliss-reactive ketones (excluding diaryl/α,β-unsaturated/α-hetero) is 1. The van der Waals surface area contributed by atoms with Gasteiger partial charge in [0.05, 0.1) is 11.1 Å². The first-order valence-corrected chi connectivity index (χ1v) is 8.48. The van der Waals surface area contributed by atoms with Gasteiger partial charge in [0.2, 0.25) is 5.78 Å². The quantitative estimate of drug-likeness (QED) is 0.386. The number of hydrogen-bond donors (Lipinski definition) is 0. The van der Waals surface area contributed by atoms with E-state index in [1.54, 1.807) is 43.6 Å². The smallest absolute Gasteiger partial charge is 0.343 e. The fraction of sp³-hybridized carbons (Fsp3) is 0.0455. The molecule has 2 aromatic carbocycles. The predicted octanol–water partition coefficient (Wildman–Crippen LogP) is 4.36. The van der Waals surface area contributed by atoms with Crippen LogP contribution in [0.3, 0.4) is 0 Å². The maximum atomic E-state index is 13.3. The van der Waals surface area contributed by atoms with Gasteiger partial charge in [0, 0.05) is 18.5 Å². The highest BCUT2D eigenvalue weighted by molar-refractivity contribution is 6.15. The number of carbonyl (C=O) groups excluding carboxylic acids is 2. The van der Waals surface area contributed by atoms with Crippen LogP contribution >= 0.6 is 0 Å². The van der Waals surface area contributed by atoms with Crippen molar-refractivity contribution in [3.8, 4) is 11.5 Å². The molecule has 0 radical (unpaired) electrons. The summed E-state index contributed by atoms with van der Waals surface area (Å²) in [5.74, 6) is -0.796. The summed E-state index contributed by atoms with van der Waals surface area (Å²) in [6.45, 7) is 1.73. The molecule has 0 saturated heterocycles. The number of allylic oxidation sites excluding steroid dienone is 1. The number of benzene rings is 2. The fourth-order valence-electron chi connectivity index (χ4n) is 2.93. The highest BCUT2D eigenvalue weighted by Crippen LogP contribution is 2.37. The Balaban J connectivity index is 1.61. The van der Waals surface area contributed by atoms with Crippen LogP contribution in [0.1, 0.15) is 31.8 Å². The molecule has 6 heteroatoms. The first-order valence-electron chi connectivity index (χ1n) is 8.48. The van der Waals surface area contributed by atoms with Gasteiger partial charge in [-0.1, -0.05) is 12.1 Å². The van der Waals surface area contributed by atoms with E-state index in [9.17, 15) is 14.0 Å². The van der Waals surface area contributed by atoms with Crippen molar-refractivity contribution in [1.82, 2.24) is 4.98 Å². The van der Waals surface area contributed by atoms with E-state index in [4.69, 9.17) is 9.47 Å². The van der Waals surface area contributed by atoms with Gasteiger partial charge >= 0.3 is 5.97 Å². The lowest BCUT2D eigenvalue weighted by Crippen LogP contribution is -2.09. The molecule has 1 aliphatic heterocycles. The number of aromatic nitrogens is 1. The van der Waals surface area contributed by atoms with E-state index < -0.39 is 11.8 Å². The molecule has 0 N–H and O–H groups in total. The fourth-order valence-corrected chi connectivity index (χ4v) is 2.93. The minimum atomic E-state index is -0.700. The summed E-state index contributed by atoms with van der Waals surface area (Å²) in [5.41, 5.74) is 1.85. The van der Waals surface area contributed by atoms with Crippen LogP contribution in [0, 0.1) is 12.7 Å². The maximum Gasteiger partial charge on any atom is 0.343 e. The molecule has 28 heavy (non-hydrogen) atoms. The normalized spacial score (nSPS) is 13.9. The lowest BCUT2D eigenvalue weighted by molar-refractivity contribution is 0.0734. The average Bonchev–Trinajstić information content (AvgIpc) is 2.98. The standard InChI is InChI=1S/C22H14FNO4/c1-13-8-17(27-22(26)15-5-2-6-16(23)10-15)11-18-20(13)21(25)19(28-18)9-14-4-3-7-24-12-14/h2-12H,1H3/b19-9-. The van der Waals surface area contributed by atoms with Crippen LogP contribution in [0.2, 0.25) is 0 Å². The molecule has 0 unspecified atom stereocenters. The third-order valence-corrected chi connectivity index (χ3v) is 4.20. The molecule has 0 bridgehead atoms. The maximum absolute atomic E-state index is 13.3. The second kappa shape index (κ2) is 7.08. The molecule has 1 aliphatic rings. The molecule has 138 valence electrons. The van der Waals surface area contributed by atoms with Crippen LogP contribution in [0.5, 0.6) is 11.5 Å². The summed E-state index contributed by atoms with van der Waals surface area (Å²) >= 11 is 0. The third-order valence-electron chi connectivity index (χ3n) is 4.20. The number of fused-ring (bicyclic) bond motifs is 1. The van der Waals surface area contributed by atoms with Crippen LogP contribution in [0.15, 0.2) is 66.7 Å². The second-order valence-corrected chi connectivity index (χ2v) is 6.24. The first kappa shape index (κ1) is 17.6. The minimum Gasteiger partial charge on any atom is -0.452 e. The van der Waals surface area contributed by atoms with Gasteiger partial charge in [-0.3, -0.25) is 9.78 Å². The van der Waals surface area contributed by atoms with Crippen molar-refractivity contribution in [1.29, 1.82) is 0 Å². The highest BCUT2D eigenvalue weighted by Gasteiger charge is 2.30. The molecule has 0 fully saturated rings. The average molecular weight is 375 g/mol. The minimum absolute atomic E-state index is 0.0901. The number of ketones is 1. The lowest BCUT2D eigenvalue weighted by atomic mass is 10.0. The Morgan fingerprint density at radius 3 is 2.79 bits per heavy atom.